The quantitative estimate of drug-likeness (QED) is 0.580. The van der Waals surface area contributed by atoms with E-state index in [0.717, 1.165) is 52.7 Å². The fourth-order valence-corrected chi connectivity index (χ4v) is 3.40. The van der Waals surface area contributed by atoms with Crippen molar-refractivity contribution in [1.82, 2.24) is 19.0 Å². The lowest BCUT2D eigenvalue weighted by Gasteiger charge is -2.06. The largest absolute Gasteiger partial charge is 0.321 e. The second kappa shape index (κ2) is 7.05. The second-order valence-electron chi connectivity index (χ2n) is 5.93. The molecule has 130 valence electrons. The number of hydrogen-bond acceptors (Lipinski definition) is 5. The number of aromatic nitrogens is 4. The first-order chi connectivity index (χ1) is 12.7. The molecule has 4 aromatic rings. The fourth-order valence-electron chi connectivity index (χ4n) is 2.80. The molecule has 7 heteroatoms. The SMILES string of the molecule is CCCc1nnsc1C(=O)Nc1cccc(-c2cn3ccccc3n2)c1. The van der Waals surface area contributed by atoms with Gasteiger partial charge in [-0.05, 0) is 42.2 Å². The van der Waals surface area contributed by atoms with E-state index >= 15 is 0 Å². The highest BCUT2D eigenvalue weighted by molar-refractivity contribution is 7.08. The van der Waals surface area contributed by atoms with Gasteiger partial charge in [0.2, 0.25) is 0 Å². The predicted molar refractivity (Wildman–Crippen MR) is 102 cm³/mol. The van der Waals surface area contributed by atoms with E-state index in [2.05, 4.69) is 26.8 Å². The molecule has 0 spiro atoms. The molecular weight excluding hydrogens is 346 g/mol. The van der Waals surface area contributed by atoms with Crippen molar-refractivity contribution < 1.29 is 4.79 Å². The van der Waals surface area contributed by atoms with Gasteiger partial charge in [0.1, 0.15) is 10.5 Å². The average molecular weight is 363 g/mol. The van der Waals surface area contributed by atoms with Gasteiger partial charge in [-0.3, -0.25) is 4.79 Å². The number of fused-ring (bicyclic) bond motifs is 1. The number of nitrogens with zero attached hydrogens (tertiary/aromatic N) is 4. The van der Waals surface area contributed by atoms with E-state index in [-0.39, 0.29) is 5.91 Å². The van der Waals surface area contributed by atoms with Crippen molar-refractivity contribution in [2.24, 2.45) is 0 Å². The summed E-state index contributed by atoms with van der Waals surface area (Å²) in [6.07, 6.45) is 5.61. The summed E-state index contributed by atoms with van der Waals surface area (Å²) in [4.78, 5) is 17.8. The highest BCUT2D eigenvalue weighted by Gasteiger charge is 2.16. The van der Waals surface area contributed by atoms with Crippen LogP contribution in [0.25, 0.3) is 16.9 Å². The minimum Gasteiger partial charge on any atom is -0.321 e. The Hall–Kier alpha value is -3.06. The van der Waals surface area contributed by atoms with Crippen LogP contribution in [0.5, 0.6) is 0 Å². The van der Waals surface area contributed by atoms with Crippen LogP contribution < -0.4 is 5.32 Å². The summed E-state index contributed by atoms with van der Waals surface area (Å²) in [5.74, 6) is -0.171. The summed E-state index contributed by atoms with van der Waals surface area (Å²) < 4.78 is 5.88. The van der Waals surface area contributed by atoms with E-state index in [1.165, 1.54) is 0 Å². The van der Waals surface area contributed by atoms with E-state index < -0.39 is 0 Å². The standard InChI is InChI=1S/C19H17N5OS/c1-2-6-15-18(26-23-22-15)19(25)20-14-8-5-7-13(11-14)16-12-24-10-4-3-9-17(24)21-16/h3-5,7-12H,2,6H2,1H3,(H,20,25). The first kappa shape index (κ1) is 16.4. The van der Waals surface area contributed by atoms with Crippen LogP contribution in [0.3, 0.4) is 0 Å². The normalized spacial score (nSPS) is 11.0. The van der Waals surface area contributed by atoms with Crippen molar-refractivity contribution in [2.45, 2.75) is 19.8 Å². The summed E-state index contributed by atoms with van der Waals surface area (Å²) in [6.45, 7) is 2.05. The summed E-state index contributed by atoms with van der Waals surface area (Å²) in [6, 6.07) is 13.6. The van der Waals surface area contributed by atoms with Crippen LogP contribution in [0.1, 0.15) is 28.7 Å². The molecule has 3 aromatic heterocycles. The van der Waals surface area contributed by atoms with Crippen LogP contribution in [-0.2, 0) is 6.42 Å². The number of rotatable bonds is 5. The molecule has 1 amide bonds. The number of aryl methyl sites for hydroxylation is 1. The number of hydrogen-bond donors (Lipinski definition) is 1. The van der Waals surface area contributed by atoms with E-state index in [0.29, 0.717) is 4.88 Å². The number of amides is 1. The van der Waals surface area contributed by atoms with Gasteiger partial charge in [0.25, 0.3) is 5.91 Å². The van der Waals surface area contributed by atoms with Crippen molar-refractivity contribution in [2.75, 3.05) is 5.32 Å². The maximum absolute atomic E-state index is 12.6. The Kier molecular flexibility index (Phi) is 4.45. The molecule has 0 saturated heterocycles. The monoisotopic (exact) mass is 363 g/mol. The number of carbonyl (C=O) groups is 1. The Balaban J connectivity index is 1.59. The topological polar surface area (TPSA) is 72.2 Å². The lowest BCUT2D eigenvalue weighted by Crippen LogP contribution is -2.12. The third kappa shape index (κ3) is 3.21. The third-order valence-corrected chi connectivity index (χ3v) is 4.80. The number of pyridine rings is 1. The Morgan fingerprint density at radius 2 is 2.15 bits per heavy atom. The van der Waals surface area contributed by atoms with Crippen LogP contribution in [0.4, 0.5) is 5.69 Å². The molecule has 0 unspecified atom stereocenters. The molecule has 0 bridgehead atoms. The summed E-state index contributed by atoms with van der Waals surface area (Å²) in [5, 5.41) is 7.00. The highest BCUT2D eigenvalue weighted by Crippen LogP contribution is 2.23. The minimum atomic E-state index is -0.171. The average Bonchev–Trinajstić information content (AvgIpc) is 3.29. The van der Waals surface area contributed by atoms with Gasteiger partial charge in [-0.15, -0.1) is 5.10 Å². The van der Waals surface area contributed by atoms with Gasteiger partial charge < -0.3 is 9.72 Å². The Morgan fingerprint density at radius 1 is 1.23 bits per heavy atom. The second-order valence-corrected chi connectivity index (χ2v) is 6.68. The van der Waals surface area contributed by atoms with E-state index in [1.807, 2.05) is 59.3 Å². The molecule has 0 saturated carbocycles. The molecule has 0 aliphatic rings. The van der Waals surface area contributed by atoms with Crippen LogP contribution >= 0.6 is 11.5 Å². The third-order valence-electron chi connectivity index (χ3n) is 4.03. The van der Waals surface area contributed by atoms with Gasteiger partial charge >= 0.3 is 0 Å². The molecule has 1 aromatic carbocycles. The highest BCUT2D eigenvalue weighted by atomic mass is 32.1. The maximum atomic E-state index is 12.6. The first-order valence-electron chi connectivity index (χ1n) is 8.41. The Bertz CT molecular complexity index is 1040. The van der Waals surface area contributed by atoms with Gasteiger partial charge in [-0.2, -0.15) is 0 Å². The smallest absolute Gasteiger partial charge is 0.269 e. The molecule has 26 heavy (non-hydrogen) atoms. The summed E-state index contributed by atoms with van der Waals surface area (Å²) in [5.41, 5.74) is 4.17. The molecular formula is C19H17N5OS. The van der Waals surface area contributed by atoms with Gasteiger partial charge in [-0.1, -0.05) is 36.0 Å². The van der Waals surface area contributed by atoms with Crippen LogP contribution in [0.2, 0.25) is 0 Å². The number of anilines is 1. The molecule has 0 fully saturated rings. The molecule has 0 aliphatic carbocycles. The zero-order valence-electron chi connectivity index (χ0n) is 14.2. The van der Waals surface area contributed by atoms with Crippen molar-refractivity contribution in [3.05, 3.63) is 65.4 Å². The van der Waals surface area contributed by atoms with Crippen molar-refractivity contribution >= 4 is 28.8 Å². The van der Waals surface area contributed by atoms with Crippen LogP contribution in [-0.4, -0.2) is 24.9 Å². The lowest BCUT2D eigenvalue weighted by atomic mass is 10.1. The summed E-state index contributed by atoms with van der Waals surface area (Å²) >= 11 is 1.13. The molecule has 0 aliphatic heterocycles. The molecule has 6 nitrogen and oxygen atoms in total. The maximum Gasteiger partial charge on any atom is 0.269 e. The fraction of sp³-hybridized carbons (Fsp3) is 0.158. The van der Waals surface area contributed by atoms with Gasteiger partial charge in [0.05, 0.1) is 11.4 Å². The zero-order chi connectivity index (χ0) is 17.9. The van der Waals surface area contributed by atoms with Crippen LogP contribution in [0.15, 0.2) is 54.9 Å². The summed E-state index contributed by atoms with van der Waals surface area (Å²) in [7, 11) is 0. The Morgan fingerprint density at radius 3 is 3.00 bits per heavy atom. The number of imidazole rings is 1. The molecule has 4 rings (SSSR count). The number of benzene rings is 1. The van der Waals surface area contributed by atoms with Gasteiger partial charge in [0, 0.05) is 23.6 Å². The van der Waals surface area contributed by atoms with Crippen molar-refractivity contribution in [1.29, 1.82) is 0 Å². The van der Waals surface area contributed by atoms with E-state index in [9.17, 15) is 4.79 Å². The predicted octanol–water partition coefficient (Wildman–Crippen LogP) is 4.06. The van der Waals surface area contributed by atoms with Gasteiger partial charge in [-0.25, -0.2) is 4.98 Å². The zero-order valence-corrected chi connectivity index (χ0v) is 15.0. The van der Waals surface area contributed by atoms with E-state index in [1.54, 1.807) is 0 Å². The van der Waals surface area contributed by atoms with Crippen molar-refractivity contribution in [3.63, 3.8) is 0 Å². The Labute approximate surface area is 154 Å². The first-order valence-corrected chi connectivity index (χ1v) is 9.18. The molecule has 0 atom stereocenters. The number of carbonyl (C=O) groups excluding carboxylic acids is 1. The van der Waals surface area contributed by atoms with Crippen LogP contribution in [0, 0.1) is 0 Å². The molecule has 3 heterocycles. The number of nitrogens with one attached hydrogen (secondary N) is 1. The van der Waals surface area contributed by atoms with E-state index in [4.69, 9.17) is 0 Å². The van der Waals surface area contributed by atoms with Crippen molar-refractivity contribution in [3.8, 4) is 11.3 Å². The molecule has 1 N–H and O–H groups in total. The minimum absolute atomic E-state index is 0.171. The molecule has 0 radical (unpaired) electrons. The lowest BCUT2D eigenvalue weighted by molar-refractivity contribution is 0.102. The van der Waals surface area contributed by atoms with Gasteiger partial charge in [0.15, 0.2) is 0 Å².